The highest BCUT2D eigenvalue weighted by molar-refractivity contribution is 6.30. The van der Waals surface area contributed by atoms with Gasteiger partial charge in [0.2, 0.25) is 5.91 Å². The Balaban J connectivity index is 1.65. The third kappa shape index (κ3) is 2.48. The van der Waals surface area contributed by atoms with E-state index in [1.807, 2.05) is 24.3 Å². The van der Waals surface area contributed by atoms with Crippen molar-refractivity contribution in [2.24, 2.45) is 0 Å². The number of likely N-dealkylation sites (tertiary alicyclic amines) is 1. The number of anilines is 1. The number of nitrogens with zero attached hydrogens (tertiary/aromatic N) is 3. The van der Waals surface area contributed by atoms with Gasteiger partial charge in [-0.2, -0.15) is 0 Å². The molecular weight excluding hydrogens is 354 g/mol. The van der Waals surface area contributed by atoms with Crippen LogP contribution in [0.5, 0.6) is 0 Å². The molecule has 0 radical (unpaired) electrons. The fourth-order valence-corrected chi connectivity index (χ4v) is 4.07. The van der Waals surface area contributed by atoms with Crippen LogP contribution in [0.1, 0.15) is 22.5 Å². The van der Waals surface area contributed by atoms with E-state index in [4.69, 9.17) is 11.6 Å². The first-order valence-electron chi connectivity index (χ1n) is 8.50. The molecule has 1 aromatic carbocycles. The highest BCUT2D eigenvalue weighted by Gasteiger charge is 2.54. The number of aliphatic hydroxyl groups is 1. The third-order valence-electron chi connectivity index (χ3n) is 5.19. The molecule has 1 fully saturated rings. The minimum absolute atomic E-state index is 0.0490. The average Bonchev–Trinajstić information content (AvgIpc) is 3.20. The van der Waals surface area contributed by atoms with Crippen molar-refractivity contribution in [1.29, 1.82) is 0 Å². The molecule has 0 saturated carbocycles. The second-order valence-corrected chi connectivity index (χ2v) is 7.05. The van der Waals surface area contributed by atoms with Gasteiger partial charge in [-0.25, -0.2) is 4.98 Å². The molecule has 2 aromatic rings. The van der Waals surface area contributed by atoms with Gasteiger partial charge in [0.1, 0.15) is 5.69 Å². The van der Waals surface area contributed by atoms with E-state index in [0.29, 0.717) is 30.2 Å². The van der Waals surface area contributed by atoms with Crippen molar-refractivity contribution in [1.82, 2.24) is 9.88 Å². The summed E-state index contributed by atoms with van der Waals surface area (Å²) in [6.07, 6.45) is 2.00. The van der Waals surface area contributed by atoms with Gasteiger partial charge in [0.05, 0.1) is 17.0 Å². The van der Waals surface area contributed by atoms with Crippen molar-refractivity contribution in [3.63, 3.8) is 0 Å². The van der Waals surface area contributed by atoms with Crippen LogP contribution in [-0.4, -0.2) is 53.0 Å². The first-order valence-corrected chi connectivity index (χ1v) is 8.88. The summed E-state index contributed by atoms with van der Waals surface area (Å²) in [5.41, 5.74) is 1.33. The number of benzene rings is 1. The van der Waals surface area contributed by atoms with E-state index >= 15 is 0 Å². The Labute approximate surface area is 156 Å². The Kier molecular flexibility index (Phi) is 4.17. The summed E-state index contributed by atoms with van der Waals surface area (Å²) in [7, 11) is 0. The predicted octanol–water partition coefficient (Wildman–Crippen LogP) is 1.86. The second-order valence-electron chi connectivity index (χ2n) is 6.62. The van der Waals surface area contributed by atoms with Crippen LogP contribution in [0, 0.1) is 0 Å². The molecule has 26 heavy (non-hydrogen) atoms. The number of hydrogen-bond acceptors (Lipinski definition) is 4. The summed E-state index contributed by atoms with van der Waals surface area (Å²) in [6.45, 7) is 0.946. The molecule has 7 heteroatoms. The highest BCUT2D eigenvalue weighted by Crippen LogP contribution is 2.47. The predicted molar refractivity (Wildman–Crippen MR) is 97.3 cm³/mol. The Morgan fingerprint density at radius 2 is 2.08 bits per heavy atom. The van der Waals surface area contributed by atoms with Gasteiger partial charge >= 0.3 is 0 Å². The number of hydrogen-bond donors (Lipinski definition) is 1. The Morgan fingerprint density at radius 1 is 1.27 bits per heavy atom. The standard InChI is InChI=1S/C19H18ClN3O3/c20-13-5-6-15(21-11-13)17(25)22-8-7-19(12-22)14-3-1-2-4-16(14)23(9-10-24)18(19)26/h1-6,11,24H,7-10,12H2. The van der Waals surface area contributed by atoms with E-state index in [9.17, 15) is 14.7 Å². The molecule has 6 nitrogen and oxygen atoms in total. The zero-order chi connectivity index (χ0) is 18.3. The van der Waals surface area contributed by atoms with Gasteiger partial charge in [-0.3, -0.25) is 9.59 Å². The molecule has 3 heterocycles. The van der Waals surface area contributed by atoms with E-state index in [1.54, 1.807) is 21.9 Å². The molecule has 0 aliphatic carbocycles. The molecule has 1 N–H and O–H groups in total. The number of fused-ring (bicyclic) bond motifs is 2. The number of pyridine rings is 1. The van der Waals surface area contributed by atoms with Crippen LogP contribution in [0.3, 0.4) is 0 Å². The molecule has 4 rings (SSSR count). The first-order chi connectivity index (χ1) is 12.6. The normalized spacial score (nSPS) is 21.5. The topological polar surface area (TPSA) is 73.7 Å². The lowest BCUT2D eigenvalue weighted by Crippen LogP contribution is -2.44. The maximum absolute atomic E-state index is 13.2. The molecule has 1 aromatic heterocycles. The number of carbonyl (C=O) groups is 2. The number of halogens is 1. The molecule has 1 spiro atoms. The summed E-state index contributed by atoms with van der Waals surface area (Å²) in [5.74, 6) is -0.253. The number of aliphatic hydroxyl groups excluding tert-OH is 1. The van der Waals surface area contributed by atoms with Crippen LogP contribution in [0.2, 0.25) is 5.02 Å². The monoisotopic (exact) mass is 371 g/mol. The summed E-state index contributed by atoms with van der Waals surface area (Å²) < 4.78 is 0. The van der Waals surface area contributed by atoms with E-state index in [0.717, 1.165) is 11.3 Å². The van der Waals surface area contributed by atoms with Gasteiger partial charge in [-0.05, 0) is 30.2 Å². The number of amides is 2. The molecule has 0 bridgehead atoms. The maximum atomic E-state index is 13.2. The fraction of sp³-hybridized carbons (Fsp3) is 0.316. The molecule has 1 unspecified atom stereocenters. The number of para-hydroxylation sites is 1. The van der Waals surface area contributed by atoms with Crippen molar-refractivity contribution in [3.05, 3.63) is 58.9 Å². The number of aromatic nitrogens is 1. The second kappa shape index (κ2) is 6.37. The van der Waals surface area contributed by atoms with Gasteiger partial charge in [-0.15, -0.1) is 0 Å². The molecule has 1 atom stereocenters. The summed E-state index contributed by atoms with van der Waals surface area (Å²) in [4.78, 5) is 33.3. The molecule has 2 aliphatic rings. The fourth-order valence-electron chi connectivity index (χ4n) is 3.96. The minimum Gasteiger partial charge on any atom is -0.395 e. The SMILES string of the molecule is O=C(c1ccc(Cl)cn1)N1CCC2(C1)C(=O)N(CCO)c1ccccc12. The van der Waals surface area contributed by atoms with Gasteiger partial charge in [0.15, 0.2) is 0 Å². The average molecular weight is 372 g/mol. The zero-order valence-corrected chi connectivity index (χ0v) is 14.8. The lowest BCUT2D eigenvalue weighted by atomic mass is 9.81. The summed E-state index contributed by atoms with van der Waals surface area (Å²) in [5, 5.41) is 9.81. The summed E-state index contributed by atoms with van der Waals surface area (Å²) in [6, 6.07) is 10.8. The number of β-amino-alcohol motifs (C(OH)–C–C–N with tert-alkyl or cyclic N) is 1. The molecule has 2 aliphatic heterocycles. The van der Waals surface area contributed by atoms with Crippen LogP contribution in [0.15, 0.2) is 42.6 Å². The lowest BCUT2D eigenvalue weighted by molar-refractivity contribution is -0.122. The van der Waals surface area contributed by atoms with Gasteiger partial charge in [-0.1, -0.05) is 29.8 Å². The first kappa shape index (κ1) is 17.0. The van der Waals surface area contributed by atoms with E-state index in [-0.39, 0.29) is 25.0 Å². The van der Waals surface area contributed by atoms with Gasteiger partial charge in [0.25, 0.3) is 5.91 Å². The van der Waals surface area contributed by atoms with Crippen LogP contribution in [-0.2, 0) is 10.2 Å². The Hall–Kier alpha value is -2.44. The quantitative estimate of drug-likeness (QED) is 0.893. The smallest absolute Gasteiger partial charge is 0.272 e. The number of carbonyl (C=O) groups excluding carboxylic acids is 2. The Bertz CT molecular complexity index is 871. The minimum atomic E-state index is -0.742. The van der Waals surface area contributed by atoms with Crippen molar-refractivity contribution in [2.45, 2.75) is 11.8 Å². The van der Waals surface area contributed by atoms with Crippen molar-refractivity contribution >= 4 is 29.1 Å². The van der Waals surface area contributed by atoms with E-state index in [1.165, 1.54) is 6.20 Å². The zero-order valence-electron chi connectivity index (χ0n) is 14.1. The molecule has 1 saturated heterocycles. The number of rotatable bonds is 3. The van der Waals surface area contributed by atoms with Crippen LogP contribution in [0.25, 0.3) is 0 Å². The molecule has 2 amide bonds. The highest BCUT2D eigenvalue weighted by atomic mass is 35.5. The van der Waals surface area contributed by atoms with Gasteiger partial charge in [0, 0.05) is 31.5 Å². The summed E-state index contributed by atoms with van der Waals surface area (Å²) >= 11 is 5.84. The van der Waals surface area contributed by atoms with Crippen LogP contribution >= 0.6 is 11.6 Å². The maximum Gasteiger partial charge on any atom is 0.272 e. The third-order valence-corrected chi connectivity index (χ3v) is 5.42. The largest absolute Gasteiger partial charge is 0.395 e. The molecular formula is C19H18ClN3O3. The Morgan fingerprint density at radius 3 is 2.81 bits per heavy atom. The van der Waals surface area contributed by atoms with Crippen molar-refractivity contribution < 1.29 is 14.7 Å². The molecule has 134 valence electrons. The van der Waals surface area contributed by atoms with Crippen LogP contribution < -0.4 is 4.90 Å². The van der Waals surface area contributed by atoms with Crippen molar-refractivity contribution in [2.75, 3.05) is 31.1 Å². The van der Waals surface area contributed by atoms with Crippen molar-refractivity contribution in [3.8, 4) is 0 Å². The van der Waals surface area contributed by atoms with E-state index < -0.39 is 5.41 Å². The van der Waals surface area contributed by atoms with E-state index in [2.05, 4.69) is 4.98 Å². The van der Waals surface area contributed by atoms with Crippen LogP contribution in [0.4, 0.5) is 5.69 Å². The lowest BCUT2D eigenvalue weighted by Gasteiger charge is -2.24. The van der Waals surface area contributed by atoms with Gasteiger partial charge < -0.3 is 14.9 Å².